The van der Waals surface area contributed by atoms with Gasteiger partial charge in [-0.1, -0.05) is 35.5 Å². The first-order chi connectivity index (χ1) is 14.2. The van der Waals surface area contributed by atoms with Gasteiger partial charge in [0.15, 0.2) is 6.61 Å². The molecule has 0 atom stereocenters. The fourth-order valence-corrected chi connectivity index (χ4v) is 3.19. The molecule has 29 heavy (non-hydrogen) atoms. The molecular weight excluding hydrogens is 374 g/mol. The number of fused-ring (bicyclic) bond motifs is 1. The van der Waals surface area contributed by atoms with E-state index in [-0.39, 0.29) is 18.4 Å². The highest BCUT2D eigenvalue weighted by Crippen LogP contribution is 2.32. The van der Waals surface area contributed by atoms with Crippen LogP contribution in [0.4, 0.5) is 0 Å². The molecule has 0 bridgehead atoms. The summed E-state index contributed by atoms with van der Waals surface area (Å²) in [6.07, 6.45) is 0. The highest BCUT2D eigenvalue weighted by molar-refractivity contribution is 5.93. The normalized spacial score (nSPS) is 14.8. The molecule has 1 amide bonds. The van der Waals surface area contributed by atoms with Crippen molar-refractivity contribution >= 4 is 17.0 Å². The first-order valence-electron chi connectivity index (χ1n) is 9.60. The Balaban J connectivity index is 1.42. The van der Waals surface area contributed by atoms with Crippen LogP contribution in [0.1, 0.15) is 5.82 Å². The number of rotatable bonds is 7. The zero-order valence-corrected chi connectivity index (χ0v) is 16.3. The molecule has 1 aliphatic rings. The van der Waals surface area contributed by atoms with Crippen molar-refractivity contribution in [2.75, 3.05) is 46.0 Å². The Morgan fingerprint density at radius 3 is 2.79 bits per heavy atom. The molecule has 4 rings (SSSR count). The van der Waals surface area contributed by atoms with Crippen LogP contribution < -0.4 is 10.1 Å². The van der Waals surface area contributed by atoms with Crippen molar-refractivity contribution in [1.82, 2.24) is 25.3 Å². The summed E-state index contributed by atoms with van der Waals surface area (Å²) in [5, 5.41) is 7.55. The first kappa shape index (κ1) is 19.3. The summed E-state index contributed by atoms with van der Waals surface area (Å²) in [5.74, 6) is 0.562. The number of benzene rings is 1. The molecule has 1 saturated heterocycles. The van der Waals surface area contributed by atoms with Gasteiger partial charge in [-0.15, -0.1) is 0 Å². The minimum atomic E-state index is -0.208. The van der Waals surface area contributed by atoms with Gasteiger partial charge >= 0.3 is 0 Å². The number of morpholine rings is 1. The summed E-state index contributed by atoms with van der Waals surface area (Å²) in [5.41, 5.74) is 1.78. The standard InChI is InChI=1S/C20H23N5O4/c1-14-22-19(28-13-16(26)21-7-8-25-9-11-27-12-10-25)17-18(24-29-20(17)23-14)15-5-3-2-4-6-15/h2-6H,7-13H2,1H3,(H,21,26). The second kappa shape index (κ2) is 8.97. The van der Waals surface area contributed by atoms with Crippen molar-refractivity contribution in [2.45, 2.75) is 6.92 Å². The third-order valence-electron chi connectivity index (χ3n) is 4.66. The van der Waals surface area contributed by atoms with Crippen molar-refractivity contribution in [2.24, 2.45) is 0 Å². The number of nitrogens with one attached hydrogen (secondary N) is 1. The predicted molar refractivity (Wildman–Crippen MR) is 106 cm³/mol. The van der Waals surface area contributed by atoms with Crippen LogP contribution in [0.25, 0.3) is 22.4 Å². The zero-order chi connectivity index (χ0) is 20.1. The Labute approximate surface area is 168 Å². The Morgan fingerprint density at radius 1 is 1.21 bits per heavy atom. The molecule has 9 heteroatoms. The molecule has 0 unspecified atom stereocenters. The number of amides is 1. The Hall–Kier alpha value is -3.04. The van der Waals surface area contributed by atoms with Crippen LogP contribution in [0, 0.1) is 6.92 Å². The lowest BCUT2D eigenvalue weighted by atomic mass is 10.1. The molecule has 0 spiro atoms. The summed E-state index contributed by atoms with van der Waals surface area (Å²) in [7, 11) is 0. The van der Waals surface area contributed by atoms with Crippen LogP contribution in [-0.2, 0) is 9.53 Å². The van der Waals surface area contributed by atoms with Crippen LogP contribution in [0.2, 0.25) is 0 Å². The van der Waals surface area contributed by atoms with E-state index in [4.69, 9.17) is 14.0 Å². The van der Waals surface area contributed by atoms with E-state index in [2.05, 4.69) is 25.3 Å². The van der Waals surface area contributed by atoms with Crippen LogP contribution in [0.5, 0.6) is 5.88 Å². The second-order valence-electron chi connectivity index (χ2n) is 6.75. The minimum absolute atomic E-state index is 0.145. The lowest BCUT2D eigenvalue weighted by molar-refractivity contribution is -0.123. The van der Waals surface area contributed by atoms with Gasteiger partial charge in [0.2, 0.25) is 5.88 Å². The van der Waals surface area contributed by atoms with Crippen molar-refractivity contribution < 1.29 is 18.8 Å². The van der Waals surface area contributed by atoms with Gasteiger partial charge in [-0.25, -0.2) is 0 Å². The van der Waals surface area contributed by atoms with Crippen molar-refractivity contribution in [3.8, 4) is 17.1 Å². The van der Waals surface area contributed by atoms with Crippen LogP contribution in [0.15, 0.2) is 34.9 Å². The highest BCUT2D eigenvalue weighted by atomic mass is 16.5. The molecule has 1 aliphatic heterocycles. The molecule has 9 nitrogen and oxygen atoms in total. The topological polar surface area (TPSA) is 103 Å². The van der Waals surface area contributed by atoms with Gasteiger partial charge in [0.25, 0.3) is 11.6 Å². The van der Waals surface area contributed by atoms with E-state index in [0.29, 0.717) is 29.2 Å². The summed E-state index contributed by atoms with van der Waals surface area (Å²) in [6.45, 7) is 6.19. The molecule has 0 radical (unpaired) electrons. The van der Waals surface area contributed by atoms with Crippen LogP contribution >= 0.6 is 0 Å². The van der Waals surface area contributed by atoms with Crippen LogP contribution in [-0.4, -0.2) is 71.9 Å². The number of carbonyl (C=O) groups is 1. The van der Waals surface area contributed by atoms with E-state index in [1.54, 1.807) is 6.92 Å². The van der Waals surface area contributed by atoms with E-state index < -0.39 is 0 Å². The smallest absolute Gasteiger partial charge is 0.265 e. The maximum absolute atomic E-state index is 12.2. The molecule has 3 aromatic rings. The quantitative estimate of drug-likeness (QED) is 0.639. The van der Waals surface area contributed by atoms with Gasteiger partial charge in [-0.05, 0) is 6.92 Å². The molecule has 2 aromatic heterocycles. The van der Waals surface area contributed by atoms with Gasteiger partial charge < -0.3 is 19.3 Å². The lowest BCUT2D eigenvalue weighted by Gasteiger charge is -2.26. The van der Waals surface area contributed by atoms with E-state index in [9.17, 15) is 4.79 Å². The highest BCUT2D eigenvalue weighted by Gasteiger charge is 2.20. The lowest BCUT2D eigenvalue weighted by Crippen LogP contribution is -2.42. The van der Waals surface area contributed by atoms with Gasteiger partial charge in [0, 0.05) is 31.7 Å². The maximum Gasteiger partial charge on any atom is 0.265 e. The Bertz CT molecular complexity index is 970. The van der Waals surface area contributed by atoms with Gasteiger partial charge in [-0.2, -0.15) is 9.97 Å². The van der Waals surface area contributed by atoms with Crippen molar-refractivity contribution in [3.63, 3.8) is 0 Å². The molecule has 3 heterocycles. The van der Waals surface area contributed by atoms with E-state index in [1.807, 2.05) is 30.3 Å². The Morgan fingerprint density at radius 2 is 2.00 bits per heavy atom. The average Bonchev–Trinajstić information content (AvgIpc) is 3.17. The van der Waals surface area contributed by atoms with Gasteiger partial charge in [-0.3, -0.25) is 9.69 Å². The number of nitrogens with zero attached hydrogens (tertiary/aromatic N) is 4. The third kappa shape index (κ3) is 4.69. The number of hydrogen-bond donors (Lipinski definition) is 1. The number of aromatic nitrogens is 3. The fourth-order valence-electron chi connectivity index (χ4n) is 3.19. The zero-order valence-electron chi connectivity index (χ0n) is 16.3. The molecule has 152 valence electrons. The number of ether oxygens (including phenoxy) is 2. The van der Waals surface area contributed by atoms with Gasteiger partial charge in [0.05, 0.1) is 13.2 Å². The van der Waals surface area contributed by atoms with Crippen molar-refractivity contribution in [1.29, 1.82) is 0 Å². The summed E-state index contributed by atoms with van der Waals surface area (Å²) in [6, 6.07) is 9.57. The van der Waals surface area contributed by atoms with Crippen LogP contribution in [0.3, 0.4) is 0 Å². The molecule has 1 fully saturated rings. The Kier molecular flexibility index (Phi) is 5.97. The van der Waals surface area contributed by atoms with E-state index in [1.165, 1.54) is 0 Å². The summed E-state index contributed by atoms with van der Waals surface area (Å²) >= 11 is 0. The monoisotopic (exact) mass is 397 g/mol. The van der Waals surface area contributed by atoms with Gasteiger partial charge in [0.1, 0.15) is 16.9 Å². The molecule has 0 aliphatic carbocycles. The largest absolute Gasteiger partial charge is 0.467 e. The van der Waals surface area contributed by atoms with E-state index >= 15 is 0 Å². The SMILES string of the molecule is Cc1nc(OCC(=O)NCCN2CCOCC2)c2c(-c3ccccc3)noc2n1. The van der Waals surface area contributed by atoms with E-state index in [0.717, 1.165) is 38.4 Å². The number of aryl methyl sites for hydroxylation is 1. The molecular formula is C20H23N5O4. The molecule has 1 aromatic carbocycles. The third-order valence-corrected chi connectivity index (χ3v) is 4.66. The number of carbonyl (C=O) groups excluding carboxylic acids is 1. The van der Waals surface area contributed by atoms with Crippen molar-refractivity contribution in [3.05, 3.63) is 36.2 Å². The molecule has 0 saturated carbocycles. The second-order valence-corrected chi connectivity index (χ2v) is 6.75. The first-order valence-corrected chi connectivity index (χ1v) is 9.60. The fraction of sp³-hybridized carbons (Fsp3) is 0.400. The predicted octanol–water partition coefficient (Wildman–Crippen LogP) is 1.42. The minimum Gasteiger partial charge on any atom is -0.467 e. The number of hydrogen-bond acceptors (Lipinski definition) is 8. The average molecular weight is 397 g/mol. The molecule has 1 N–H and O–H groups in total. The maximum atomic E-state index is 12.2. The summed E-state index contributed by atoms with van der Waals surface area (Å²) in [4.78, 5) is 23.1. The summed E-state index contributed by atoms with van der Waals surface area (Å²) < 4.78 is 16.4.